The van der Waals surface area contributed by atoms with Crippen LogP contribution in [0.25, 0.3) is 0 Å². The molecule has 0 saturated heterocycles. The zero-order chi connectivity index (χ0) is 29.8. The maximum atomic E-state index is 10.6. The molecule has 5 nitrogen and oxygen atoms in total. The van der Waals surface area contributed by atoms with E-state index in [1.165, 1.54) is 56.9 Å². The van der Waals surface area contributed by atoms with Gasteiger partial charge in [0.2, 0.25) is 0 Å². The van der Waals surface area contributed by atoms with Crippen LogP contribution in [0.1, 0.15) is 114 Å². The molecule has 0 N–H and O–H groups in total. The first-order valence-corrected chi connectivity index (χ1v) is 16.1. The molecule has 0 aliphatic rings. The lowest BCUT2D eigenvalue weighted by Gasteiger charge is -2.28. The van der Waals surface area contributed by atoms with Crippen molar-refractivity contribution in [3.05, 3.63) is 58.6 Å². The van der Waals surface area contributed by atoms with Gasteiger partial charge in [-0.1, -0.05) is 101 Å². The topological polar surface area (TPSA) is 67.0 Å². The van der Waals surface area contributed by atoms with Crippen LogP contribution in [0.2, 0.25) is 5.02 Å². The van der Waals surface area contributed by atoms with Crippen LogP contribution in [-0.4, -0.2) is 27.3 Å². The summed E-state index contributed by atoms with van der Waals surface area (Å²) in [4.78, 5) is 0. The average Bonchev–Trinajstić information content (AvgIpc) is 2.99. The Kier molecular flexibility index (Phi) is 17.2. The van der Waals surface area contributed by atoms with Gasteiger partial charge in [-0.05, 0) is 73.9 Å². The summed E-state index contributed by atoms with van der Waals surface area (Å²) in [5, 5.41) is 20.0. The number of methoxy groups -OCH3 is 2. The lowest BCUT2D eigenvalue weighted by molar-refractivity contribution is 0.351. The van der Waals surface area contributed by atoms with Gasteiger partial charge in [0.15, 0.2) is 11.5 Å². The van der Waals surface area contributed by atoms with Gasteiger partial charge in [-0.25, -0.2) is 0 Å². The number of unbranched alkanes of at least 4 members (excludes halogenated alkanes) is 9. The molecule has 0 spiro atoms. The minimum absolute atomic E-state index is 0.123. The molecule has 0 heterocycles. The Hall–Kier alpha value is -2.58. The number of ether oxygens (including phenoxy) is 2. The largest absolute Gasteiger partial charge is 0.493 e. The minimum atomic E-state index is -0.569. The maximum absolute atomic E-state index is 10.6. The summed E-state index contributed by atoms with van der Waals surface area (Å²) in [6.45, 7) is 2.26. The van der Waals surface area contributed by atoms with Crippen molar-refractivity contribution < 1.29 is 9.47 Å². The number of benzene rings is 2. The molecule has 226 valence electrons. The molecule has 0 fully saturated rings. The van der Waals surface area contributed by atoms with Gasteiger partial charge in [-0.2, -0.15) is 15.5 Å². The first-order valence-electron chi connectivity index (χ1n) is 15.7. The summed E-state index contributed by atoms with van der Waals surface area (Å²) >= 11 is 6.18. The summed E-state index contributed by atoms with van der Waals surface area (Å²) in [5.74, 6) is 1.36. The molecule has 2 unspecified atom stereocenters. The molecule has 0 aliphatic carbocycles. The number of rotatable bonds is 22. The van der Waals surface area contributed by atoms with E-state index in [2.05, 4.69) is 29.3 Å². The van der Waals surface area contributed by atoms with Crippen molar-refractivity contribution in [3.8, 4) is 17.6 Å². The summed E-state index contributed by atoms with van der Waals surface area (Å²) in [6, 6.07) is 16.9. The lowest BCUT2D eigenvalue weighted by Crippen LogP contribution is -2.25. The van der Waals surface area contributed by atoms with Gasteiger partial charge in [0.1, 0.15) is 0 Å². The predicted octanol–water partition coefficient (Wildman–Crippen LogP) is 10.7. The van der Waals surface area contributed by atoms with Gasteiger partial charge in [0.25, 0.3) is 0 Å². The van der Waals surface area contributed by atoms with Gasteiger partial charge >= 0.3 is 0 Å². The van der Waals surface area contributed by atoms with Crippen molar-refractivity contribution in [1.29, 1.82) is 5.26 Å². The zero-order valence-electron chi connectivity index (χ0n) is 26.0. The molecule has 0 bridgehead atoms. The fourth-order valence-corrected chi connectivity index (χ4v) is 5.94. The van der Waals surface area contributed by atoms with E-state index in [9.17, 15) is 5.26 Å². The second kappa shape index (κ2) is 20.3. The third kappa shape index (κ3) is 12.4. The molecule has 2 aromatic rings. The lowest BCUT2D eigenvalue weighted by atomic mass is 9.73. The summed E-state index contributed by atoms with van der Waals surface area (Å²) in [7, 11) is 5.03. The van der Waals surface area contributed by atoms with Crippen molar-refractivity contribution >= 4 is 11.6 Å². The minimum Gasteiger partial charge on any atom is -0.493 e. The third-order valence-electron chi connectivity index (χ3n) is 8.18. The van der Waals surface area contributed by atoms with Crippen LogP contribution in [0.3, 0.4) is 0 Å². The monoisotopic (exact) mass is 581 g/mol. The normalized spacial score (nSPS) is 13.6. The molecular formula is C35H52ClN3O2. The summed E-state index contributed by atoms with van der Waals surface area (Å²) < 4.78 is 11.1. The highest BCUT2D eigenvalue weighted by molar-refractivity contribution is 6.30. The molecule has 0 aliphatic heterocycles. The van der Waals surface area contributed by atoms with Gasteiger partial charge in [0.05, 0.1) is 31.7 Å². The number of hydrogen-bond acceptors (Lipinski definition) is 5. The van der Waals surface area contributed by atoms with Crippen LogP contribution in [0.15, 0.2) is 52.7 Å². The molecule has 0 saturated carbocycles. The predicted molar refractivity (Wildman–Crippen MR) is 171 cm³/mol. The Morgan fingerprint density at radius 1 is 0.829 bits per heavy atom. The maximum Gasteiger partial charge on any atom is 0.161 e. The van der Waals surface area contributed by atoms with Crippen LogP contribution in [0.4, 0.5) is 0 Å². The third-order valence-corrected chi connectivity index (χ3v) is 8.42. The van der Waals surface area contributed by atoms with E-state index >= 15 is 0 Å². The Morgan fingerprint density at radius 3 is 2.10 bits per heavy atom. The van der Waals surface area contributed by atoms with Gasteiger partial charge in [-0.3, -0.25) is 0 Å². The standard InChI is InChI=1S/C35H52ClN3O2/c1-5-6-7-8-9-10-11-12-13-14-24-35(28-37,30-21-23-33(40-3)34(27-30)41-4)25-16-19-32(39-38-2)22-20-29-17-15-18-31(36)26-29/h15,17-18,21,23,26-27,32H,5-14,16,19-20,22,24-25H2,1-4H3/b39-38+. The average molecular weight is 582 g/mol. The van der Waals surface area contributed by atoms with Crippen molar-refractivity contribution in [2.75, 3.05) is 21.3 Å². The fraction of sp³-hybridized carbons (Fsp3) is 0.629. The molecule has 0 amide bonds. The van der Waals surface area contributed by atoms with Crippen LogP contribution in [0.5, 0.6) is 11.5 Å². The second-order valence-electron chi connectivity index (χ2n) is 11.2. The first-order chi connectivity index (χ1) is 20.0. The van der Waals surface area contributed by atoms with Crippen molar-refractivity contribution in [3.63, 3.8) is 0 Å². The smallest absolute Gasteiger partial charge is 0.161 e. The first kappa shape index (κ1) is 34.6. The highest BCUT2D eigenvalue weighted by Gasteiger charge is 2.32. The SMILES string of the molecule is CCCCCCCCCCCCC(C#N)(CCCC(CCc1cccc(Cl)c1)/N=N/C)c1ccc(OC)c(OC)c1. The van der Waals surface area contributed by atoms with E-state index in [-0.39, 0.29) is 6.04 Å². The van der Waals surface area contributed by atoms with Gasteiger partial charge in [0, 0.05) is 12.1 Å². The van der Waals surface area contributed by atoms with Gasteiger partial charge in [-0.15, -0.1) is 0 Å². The van der Waals surface area contributed by atoms with Crippen LogP contribution in [0, 0.1) is 11.3 Å². The number of aryl methyl sites for hydroxylation is 1. The quantitative estimate of drug-likeness (QED) is 0.102. The molecule has 0 radical (unpaired) electrons. The molecule has 6 heteroatoms. The summed E-state index contributed by atoms with van der Waals surface area (Å²) in [5.41, 5.74) is 1.66. The second-order valence-corrected chi connectivity index (χ2v) is 11.7. The van der Waals surface area contributed by atoms with E-state index in [4.69, 9.17) is 21.1 Å². The molecule has 0 aromatic heterocycles. The Labute approximate surface area is 254 Å². The molecule has 2 aromatic carbocycles. The number of halogens is 1. The van der Waals surface area contributed by atoms with Crippen molar-refractivity contribution in [1.82, 2.24) is 0 Å². The van der Waals surface area contributed by atoms with E-state index in [1.807, 2.05) is 36.4 Å². The number of nitriles is 1. The van der Waals surface area contributed by atoms with E-state index in [0.717, 1.165) is 62.0 Å². The van der Waals surface area contributed by atoms with Crippen LogP contribution < -0.4 is 9.47 Å². The molecular weight excluding hydrogens is 530 g/mol. The Morgan fingerprint density at radius 2 is 1.49 bits per heavy atom. The van der Waals surface area contributed by atoms with E-state index in [1.54, 1.807) is 21.3 Å². The highest BCUT2D eigenvalue weighted by Crippen LogP contribution is 2.40. The fourth-order valence-electron chi connectivity index (χ4n) is 5.73. The Balaban J connectivity index is 2.03. The number of nitrogens with zero attached hydrogens (tertiary/aromatic N) is 3. The van der Waals surface area contributed by atoms with Crippen LogP contribution >= 0.6 is 11.6 Å². The summed E-state index contributed by atoms with van der Waals surface area (Å²) in [6.07, 6.45) is 18.0. The number of azo groups is 1. The van der Waals surface area contributed by atoms with E-state index in [0.29, 0.717) is 11.5 Å². The van der Waals surface area contributed by atoms with Crippen molar-refractivity contribution in [2.24, 2.45) is 10.2 Å². The van der Waals surface area contributed by atoms with Crippen LogP contribution in [-0.2, 0) is 11.8 Å². The van der Waals surface area contributed by atoms with Crippen molar-refractivity contribution in [2.45, 2.75) is 121 Å². The Bertz CT molecular complexity index is 1070. The highest BCUT2D eigenvalue weighted by atomic mass is 35.5. The molecule has 2 atom stereocenters. The van der Waals surface area contributed by atoms with E-state index < -0.39 is 5.41 Å². The zero-order valence-corrected chi connectivity index (χ0v) is 26.7. The number of hydrogen-bond donors (Lipinski definition) is 0. The van der Waals surface area contributed by atoms with Gasteiger partial charge < -0.3 is 9.47 Å². The molecule has 41 heavy (non-hydrogen) atoms. The molecule has 2 rings (SSSR count).